The van der Waals surface area contributed by atoms with Crippen LogP contribution in [0.25, 0.3) is 11.2 Å². The van der Waals surface area contributed by atoms with Gasteiger partial charge in [-0.05, 0) is 30.7 Å². The molecule has 0 aliphatic heterocycles. The van der Waals surface area contributed by atoms with Gasteiger partial charge >= 0.3 is 0 Å². The van der Waals surface area contributed by atoms with Gasteiger partial charge in [0, 0.05) is 18.6 Å². The summed E-state index contributed by atoms with van der Waals surface area (Å²) in [5, 5.41) is 0.550. The van der Waals surface area contributed by atoms with Gasteiger partial charge in [-0.1, -0.05) is 11.6 Å². The Bertz CT molecular complexity index is 722. The zero-order valence-corrected chi connectivity index (χ0v) is 11.0. The van der Waals surface area contributed by atoms with E-state index in [1.165, 1.54) is 0 Å². The van der Waals surface area contributed by atoms with E-state index in [1.807, 2.05) is 23.6 Å². The van der Waals surface area contributed by atoms with Crippen LogP contribution < -0.4 is 5.73 Å². The van der Waals surface area contributed by atoms with E-state index >= 15 is 0 Å². The van der Waals surface area contributed by atoms with Crippen LogP contribution in [0.15, 0.2) is 36.8 Å². The highest BCUT2D eigenvalue weighted by atomic mass is 35.5. The Morgan fingerprint density at radius 2 is 2.05 bits per heavy atom. The summed E-state index contributed by atoms with van der Waals surface area (Å²) >= 11 is 5.92. The van der Waals surface area contributed by atoms with E-state index in [1.54, 1.807) is 24.7 Å². The lowest BCUT2D eigenvalue weighted by molar-refractivity contribution is 0.661. The zero-order chi connectivity index (χ0) is 13.4. The standard InChI is InChI=1S/C13H12ClN5/c1-8(9-2-4-16-5-3-9)19-12-11(18-13(19)15)6-10(14)7-17-12/h2-8H,1H3,(H2,15,18). The molecule has 3 heterocycles. The molecule has 3 rings (SSSR count). The van der Waals surface area contributed by atoms with Crippen molar-refractivity contribution in [3.63, 3.8) is 0 Å². The fraction of sp³-hybridized carbons (Fsp3) is 0.154. The molecule has 0 saturated heterocycles. The normalized spacial score (nSPS) is 12.7. The molecule has 0 radical (unpaired) electrons. The molecule has 0 fully saturated rings. The number of hydrogen-bond acceptors (Lipinski definition) is 4. The Kier molecular flexibility index (Phi) is 2.83. The van der Waals surface area contributed by atoms with Gasteiger partial charge in [-0.15, -0.1) is 0 Å². The minimum absolute atomic E-state index is 0.0293. The summed E-state index contributed by atoms with van der Waals surface area (Å²) in [6.45, 7) is 2.04. The average molecular weight is 274 g/mol. The first kappa shape index (κ1) is 11.9. The minimum atomic E-state index is 0.0293. The maximum atomic E-state index is 5.99. The third kappa shape index (κ3) is 2.02. The van der Waals surface area contributed by atoms with Crippen molar-refractivity contribution in [1.29, 1.82) is 0 Å². The molecule has 19 heavy (non-hydrogen) atoms. The molecule has 0 bridgehead atoms. The number of fused-ring (bicyclic) bond motifs is 1. The molecule has 0 aromatic carbocycles. The van der Waals surface area contributed by atoms with E-state index < -0.39 is 0 Å². The number of anilines is 1. The lowest BCUT2D eigenvalue weighted by atomic mass is 10.1. The SMILES string of the molecule is CC(c1ccncc1)n1c(N)nc2cc(Cl)cnc21. The molecule has 0 amide bonds. The Balaban J connectivity index is 2.17. The molecule has 3 aromatic heterocycles. The fourth-order valence-electron chi connectivity index (χ4n) is 2.15. The number of rotatable bonds is 2. The first-order chi connectivity index (χ1) is 9.16. The van der Waals surface area contributed by atoms with Crippen LogP contribution in [0.2, 0.25) is 5.02 Å². The maximum absolute atomic E-state index is 5.99. The summed E-state index contributed by atoms with van der Waals surface area (Å²) in [7, 11) is 0. The number of nitrogen functional groups attached to an aromatic ring is 1. The van der Waals surface area contributed by atoms with Crippen molar-refractivity contribution in [2.75, 3.05) is 5.73 Å². The van der Waals surface area contributed by atoms with E-state index in [0.717, 1.165) is 11.2 Å². The first-order valence-electron chi connectivity index (χ1n) is 5.85. The molecular formula is C13H12ClN5. The van der Waals surface area contributed by atoms with Gasteiger partial charge in [-0.3, -0.25) is 9.55 Å². The summed E-state index contributed by atoms with van der Waals surface area (Å²) in [6.07, 6.45) is 5.11. The van der Waals surface area contributed by atoms with Crippen LogP contribution in [0.5, 0.6) is 0 Å². The Hall–Kier alpha value is -2.14. The van der Waals surface area contributed by atoms with Gasteiger partial charge in [0.15, 0.2) is 5.65 Å². The fourth-order valence-corrected chi connectivity index (χ4v) is 2.30. The zero-order valence-electron chi connectivity index (χ0n) is 10.3. The van der Waals surface area contributed by atoms with Gasteiger partial charge < -0.3 is 5.73 Å². The molecule has 96 valence electrons. The molecule has 0 spiro atoms. The molecule has 3 aromatic rings. The summed E-state index contributed by atoms with van der Waals surface area (Å²) < 4.78 is 1.89. The van der Waals surface area contributed by atoms with Crippen molar-refractivity contribution < 1.29 is 0 Å². The highest BCUT2D eigenvalue weighted by Gasteiger charge is 2.16. The predicted octanol–water partition coefficient (Wildman–Crippen LogP) is 2.67. The monoisotopic (exact) mass is 273 g/mol. The molecule has 1 unspecified atom stereocenters. The molecular weight excluding hydrogens is 262 g/mol. The predicted molar refractivity (Wildman–Crippen MR) is 75.0 cm³/mol. The molecule has 1 atom stereocenters. The number of pyridine rings is 2. The van der Waals surface area contributed by atoms with Gasteiger partial charge in [-0.2, -0.15) is 0 Å². The van der Waals surface area contributed by atoms with Crippen LogP contribution >= 0.6 is 11.6 Å². The average Bonchev–Trinajstić information content (AvgIpc) is 2.74. The summed E-state index contributed by atoms with van der Waals surface area (Å²) in [6, 6.07) is 5.69. The highest BCUT2D eigenvalue weighted by molar-refractivity contribution is 6.31. The van der Waals surface area contributed by atoms with Crippen molar-refractivity contribution in [3.8, 4) is 0 Å². The van der Waals surface area contributed by atoms with E-state index in [-0.39, 0.29) is 6.04 Å². The van der Waals surface area contributed by atoms with Crippen molar-refractivity contribution in [3.05, 3.63) is 47.4 Å². The quantitative estimate of drug-likeness (QED) is 0.779. The van der Waals surface area contributed by atoms with Crippen molar-refractivity contribution in [1.82, 2.24) is 19.5 Å². The van der Waals surface area contributed by atoms with Crippen LogP contribution in [-0.2, 0) is 0 Å². The van der Waals surface area contributed by atoms with E-state index in [2.05, 4.69) is 15.0 Å². The first-order valence-corrected chi connectivity index (χ1v) is 6.23. The summed E-state index contributed by atoms with van der Waals surface area (Å²) in [5.74, 6) is 0.425. The molecule has 0 aliphatic rings. The second-order valence-electron chi connectivity index (χ2n) is 4.29. The third-order valence-electron chi connectivity index (χ3n) is 3.10. The van der Waals surface area contributed by atoms with Gasteiger partial charge in [0.2, 0.25) is 5.95 Å². The number of hydrogen-bond donors (Lipinski definition) is 1. The molecule has 2 N–H and O–H groups in total. The second-order valence-corrected chi connectivity index (χ2v) is 4.73. The lowest BCUT2D eigenvalue weighted by Gasteiger charge is -2.15. The third-order valence-corrected chi connectivity index (χ3v) is 3.31. The lowest BCUT2D eigenvalue weighted by Crippen LogP contribution is -2.10. The van der Waals surface area contributed by atoms with Crippen LogP contribution in [0, 0.1) is 0 Å². The number of halogens is 1. The Morgan fingerprint density at radius 3 is 2.79 bits per heavy atom. The highest BCUT2D eigenvalue weighted by Crippen LogP contribution is 2.26. The summed E-state index contributed by atoms with van der Waals surface area (Å²) in [5.41, 5.74) is 8.52. The Morgan fingerprint density at radius 1 is 1.32 bits per heavy atom. The van der Waals surface area contributed by atoms with Gasteiger partial charge in [0.05, 0.1) is 11.1 Å². The van der Waals surface area contributed by atoms with E-state index in [0.29, 0.717) is 16.5 Å². The van der Waals surface area contributed by atoms with Gasteiger partial charge in [-0.25, -0.2) is 9.97 Å². The molecule has 0 saturated carbocycles. The largest absolute Gasteiger partial charge is 0.369 e. The number of nitrogens with two attached hydrogens (primary N) is 1. The summed E-state index contributed by atoms with van der Waals surface area (Å²) in [4.78, 5) is 12.6. The van der Waals surface area contributed by atoms with E-state index in [4.69, 9.17) is 17.3 Å². The number of imidazole rings is 1. The maximum Gasteiger partial charge on any atom is 0.203 e. The Labute approximate surface area is 115 Å². The van der Waals surface area contributed by atoms with Crippen LogP contribution in [0.4, 0.5) is 5.95 Å². The van der Waals surface area contributed by atoms with Crippen molar-refractivity contribution >= 4 is 28.7 Å². The van der Waals surface area contributed by atoms with Crippen LogP contribution in [-0.4, -0.2) is 19.5 Å². The topological polar surface area (TPSA) is 69.6 Å². The molecule has 5 nitrogen and oxygen atoms in total. The van der Waals surface area contributed by atoms with Crippen LogP contribution in [0.3, 0.4) is 0 Å². The number of nitrogens with zero attached hydrogens (tertiary/aromatic N) is 4. The minimum Gasteiger partial charge on any atom is -0.369 e. The number of aromatic nitrogens is 4. The van der Waals surface area contributed by atoms with Crippen molar-refractivity contribution in [2.45, 2.75) is 13.0 Å². The van der Waals surface area contributed by atoms with Crippen LogP contribution in [0.1, 0.15) is 18.5 Å². The molecule has 6 heteroatoms. The second kappa shape index (κ2) is 4.51. The molecule has 0 aliphatic carbocycles. The van der Waals surface area contributed by atoms with Crippen molar-refractivity contribution in [2.24, 2.45) is 0 Å². The van der Waals surface area contributed by atoms with E-state index in [9.17, 15) is 0 Å². The van der Waals surface area contributed by atoms with Gasteiger partial charge in [0.25, 0.3) is 0 Å². The smallest absolute Gasteiger partial charge is 0.203 e. The van der Waals surface area contributed by atoms with Gasteiger partial charge in [0.1, 0.15) is 5.52 Å².